The first-order valence-corrected chi connectivity index (χ1v) is 12.9. The third-order valence-electron chi connectivity index (χ3n) is 5.73. The molecule has 0 saturated carbocycles. The van der Waals surface area contributed by atoms with Crippen molar-refractivity contribution in [1.29, 1.82) is 0 Å². The Kier molecular flexibility index (Phi) is 25.0. The fourth-order valence-electron chi connectivity index (χ4n) is 3.62. The van der Waals surface area contributed by atoms with E-state index in [1.165, 1.54) is 30.6 Å². The third-order valence-corrected chi connectivity index (χ3v) is 5.73. The van der Waals surface area contributed by atoms with Crippen LogP contribution in [0, 0.1) is 39.9 Å². The van der Waals surface area contributed by atoms with Gasteiger partial charge in [-0.2, -0.15) is 0 Å². The summed E-state index contributed by atoms with van der Waals surface area (Å²) in [6.45, 7) is 8.48. The smallest absolute Gasteiger partial charge is 0.323 e. The van der Waals surface area contributed by atoms with Crippen LogP contribution in [-0.4, -0.2) is 114 Å². The quantitative estimate of drug-likeness (QED) is 0.129. The van der Waals surface area contributed by atoms with Gasteiger partial charge in [0, 0.05) is 72.7 Å². The Morgan fingerprint density at radius 3 is 1.78 bits per heavy atom. The molecule has 0 aliphatic heterocycles. The zero-order valence-electron chi connectivity index (χ0n) is 22.2. The Balaban J connectivity index is 0. The molecule has 3 amide bonds. The maximum absolute atomic E-state index is 12.5. The van der Waals surface area contributed by atoms with E-state index in [9.17, 15) is 29.4 Å². The number of hydrogen-bond donors (Lipinski definition) is 4. The van der Waals surface area contributed by atoms with E-state index < -0.39 is 24.5 Å². The number of carbonyl (C=O) groups excluding carboxylic acids is 2. The first-order chi connectivity index (χ1) is 16.7. The molecular weight excluding hydrogens is 612 g/mol. The van der Waals surface area contributed by atoms with Crippen LogP contribution in [-0.2, 0) is 14.4 Å². The monoisotopic (exact) mass is 659 g/mol. The molecule has 0 atom stereocenters. The van der Waals surface area contributed by atoms with Crippen LogP contribution >= 0.6 is 0 Å². The molecule has 4 N–H and O–H groups in total. The van der Waals surface area contributed by atoms with E-state index in [0.29, 0.717) is 19.6 Å². The van der Waals surface area contributed by atoms with Crippen molar-refractivity contribution in [3.8, 4) is 0 Å². The van der Waals surface area contributed by atoms with E-state index in [-0.39, 0.29) is 72.0 Å². The Morgan fingerprint density at radius 2 is 1.22 bits per heavy atom. The molecule has 0 fully saturated rings. The van der Waals surface area contributed by atoms with Gasteiger partial charge in [-0.1, -0.05) is 59.3 Å². The molecule has 0 heterocycles. The Hall–Kier alpha value is -1.08. The van der Waals surface area contributed by atoms with Crippen molar-refractivity contribution in [3.63, 3.8) is 0 Å². The van der Waals surface area contributed by atoms with Gasteiger partial charge in [0.1, 0.15) is 6.54 Å². The molecule has 12 heteroatoms. The van der Waals surface area contributed by atoms with Gasteiger partial charge >= 0.3 is 18.0 Å². The van der Waals surface area contributed by atoms with Gasteiger partial charge in [-0.05, 0) is 19.5 Å². The summed E-state index contributed by atoms with van der Waals surface area (Å²) in [7, 11) is 0. The van der Waals surface area contributed by atoms with Gasteiger partial charge < -0.3 is 30.6 Å². The summed E-state index contributed by atoms with van der Waals surface area (Å²) in [5, 5.41) is 23.9. The number of rotatable bonds is 22. The number of likely N-dealkylation sites (N-methyl/N-ethyl adjacent to an activating group) is 1. The number of hydrogen-bond acceptors (Lipinski definition) is 6. The number of carboxylic acids is 2. The molecule has 0 aliphatic carbocycles. The molecule has 0 bridgehead atoms. The number of aliphatic carboxylic acids is 2. The number of urea groups is 1. The van der Waals surface area contributed by atoms with Gasteiger partial charge in [-0.3, -0.25) is 19.3 Å². The first-order valence-electron chi connectivity index (χ1n) is 12.9. The topological polar surface area (TPSA) is 143 Å². The van der Waals surface area contributed by atoms with Gasteiger partial charge in [-0.15, -0.1) is 0 Å². The summed E-state index contributed by atoms with van der Waals surface area (Å²) in [5.74, 6) is -2.55. The number of unbranched alkanes of at least 4 members (excludes halogenated alkanes) is 6. The molecule has 0 saturated heterocycles. The van der Waals surface area contributed by atoms with Crippen LogP contribution in [0.5, 0.6) is 0 Å². The molecule has 0 aromatic carbocycles. The molecule has 0 aromatic rings. The number of carbonyl (C=O) groups is 4. The third kappa shape index (κ3) is 21.1. The maximum Gasteiger partial charge on any atom is 0.323 e. The summed E-state index contributed by atoms with van der Waals surface area (Å²) in [6.07, 6.45) is 7.94. The summed E-state index contributed by atoms with van der Waals surface area (Å²) in [4.78, 5) is 51.9. The summed E-state index contributed by atoms with van der Waals surface area (Å²) >= 11 is 0. The number of carboxylic acid groups (broad SMARTS) is 2. The van der Waals surface area contributed by atoms with Crippen molar-refractivity contribution < 1.29 is 69.3 Å². The second kappa shape index (κ2) is 24.3. The first kappa shape index (κ1) is 37.1. The molecule has 0 unspecified atom stereocenters. The van der Waals surface area contributed by atoms with Crippen molar-refractivity contribution in [2.75, 3.05) is 65.4 Å². The van der Waals surface area contributed by atoms with Crippen molar-refractivity contribution in [3.05, 3.63) is 0 Å². The van der Waals surface area contributed by atoms with E-state index >= 15 is 0 Å². The Labute approximate surface area is 248 Å². The van der Waals surface area contributed by atoms with Crippen LogP contribution < -0.4 is 10.6 Å². The fourth-order valence-corrected chi connectivity index (χ4v) is 3.62. The zero-order valence-corrected chi connectivity index (χ0v) is 24.5. The molecule has 11 nitrogen and oxygen atoms in total. The average Bonchev–Trinajstić information content (AvgIpc) is 2.80. The minimum absolute atomic E-state index is 0. The van der Waals surface area contributed by atoms with Crippen molar-refractivity contribution >= 4 is 23.9 Å². The molecule has 0 spiro atoms. The maximum atomic E-state index is 12.5. The van der Waals surface area contributed by atoms with Crippen LogP contribution in [0.2, 0.25) is 0 Å². The predicted octanol–water partition coefficient (Wildman–Crippen LogP) is 1.68. The SMILES string of the molecule is CCCCCCCCCNC(=O)CN(CCN(CC(=O)O)C(=O)NCCN(CC)CC)CC(=O)O.[Gd]. The molecule has 0 aromatic heterocycles. The largest absolute Gasteiger partial charge is 0.480 e. The molecule has 0 rings (SSSR count). The Morgan fingerprint density at radius 1 is 0.639 bits per heavy atom. The normalized spacial score (nSPS) is 10.7. The minimum atomic E-state index is -1.17. The van der Waals surface area contributed by atoms with Gasteiger partial charge in [0.15, 0.2) is 0 Å². The van der Waals surface area contributed by atoms with Gasteiger partial charge in [0.05, 0.1) is 13.1 Å². The number of amides is 3. The number of nitrogens with one attached hydrogen (secondary N) is 2. The average molecular weight is 659 g/mol. The Bertz CT molecular complexity index is 622. The van der Waals surface area contributed by atoms with Crippen LogP contribution in [0.3, 0.4) is 0 Å². The second-order valence-corrected chi connectivity index (χ2v) is 8.65. The van der Waals surface area contributed by atoms with Crippen molar-refractivity contribution in [2.45, 2.75) is 65.7 Å². The predicted molar refractivity (Wildman–Crippen MR) is 135 cm³/mol. The van der Waals surface area contributed by atoms with Gasteiger partial charge in [-0.25, -0.2) is 4.79 Å². The molecular formula is C24H47GdN5O6. The standard InChI is InChI=1S/C24H47N5O6.Gd/c1-4-7-8-9-10-11-12-13-25-21(30)18-28(19-22(31)32)16-17-29(20-23(33)34)24(35)26-14-15-27(5-2)6-3;/h4-20H2,1-3H3,(H,25,30)(H,26,35)(H,31,32)(H,33,34);. The van der Waals surface area contributed by atoms with E-state index in [4.69, 9.17) is 0 Å². The second-order valence-electron chi connectivity index (χ2n) is 8.65. The molecule has 212 valence electrons. The van der Waals surface area contributed by atoms with E-state index in [2.05, 4.69) is 22.5 Å². The van der Waals surface area contributed by atoms with Gasteiger partial charge in [0.2, 0.25) is 5.91 Å². The summed E-state index contributed by atoms with van der Waals surface area (Å²) in [6, 6.07) is -0.529. The fraction of sp³-hybridized carbons (Fsp3) is 0.833. The van der Waals surface area contributed by atoms with Gasteiger partial charge in [0.25, 0.3) is 0 Å². The summed E-state index contributed by atoms with van der Waals surface area (Å²) in [5.41, 5.74) is 0. The van der Waals surface area contributed by atoms with Crippen molar-refractivity contribution in [1.82, 2.24) is 25.3 Å². The van der Waals surface area contributed by atoms with Crippen LogP contribution in [0.15, 0.2) is 0 Å². The van der Waals surface area contributed by atoms with Crippen LogP contribution in [0.25, 0.3) is 0 Å². The van der Waals surface area contributed by atoms with Crippen molar-refractivity contribution in [2.24, 2.45) is 0 Å². The minimum Gasteiger partial charge on any atom is -0.480 e. The molecule has 0 radical (unpaired) electrons. The van der Waals surface area contributed by atoms with E-state index in [0.717, 1.165) is 37.3 Å². The van der Waals surface area contributed by atoms with Crippen LogP contribution in [0.1, 0.15) is 65.7 Å². The number of nitrogens with zero attached hydrogens (tertiary/aromatic N) is 3. The zero-order chi connectivity index (χ0) is 26.5. The van der Waals surface area contributed by atoms with Crippen LogP contribution in [0.4, 0.5) is 4.79 Å². The van der Waals surface area contributed by atoms with E-state index in [1.807, 2.05) is 13.8 Å². The van der Waals surface area contributed by atoms with E-state index in [1.54, 1.807) is 0 Å². The molecule has 0 aliphatic rings. The molecule has 36 heavy (non-hydrogen) atoms. The summed E-state index contributed by atoms with van der Waals surface area (Å²) < 4.78 is 0.